The van der Waals surface area contributed by atoms with E-state index in [9.17, 15) is 14.9 Å². The quantitative estimate of drug-likeness (QED) is 0.741. The van der Waals surface area contributed by atoms with Crippen molar-refractivity contribution in [3.8, 4) is 17.6 Å². The number of hydrogen-bond donors (Lipinski definition) is 1. The molecule has 1 amide bonds. The highest BCUT2D eigenvalue weighted by molar-refractivity contribution is 6.00. The van der Waals surface area contributed by atoms with Crippen LogP contribution in [0.1, 0.15) is 38.2 Å². The number of amides is 1. The average molecular weight is 453 g/mol. The van der Waals surface area contributed by atoms with Crippen molar-refractivity contribution in [2.75, 3.05) is 33.4 Å². The number of allylic oxidation sites excluding steroid dienone is 3. The molecule has 1 aromatic rings. The second-order valence-corrected chi connectivity index (χ2v) is 9.08. The van der Waals surface area contributed by atoms with E-state index in [-0.39, 0.29) is 28.4 Å². The predicted molar refractivity (Wildman–Crippen MR) is 117 cm³/mol. The number of hydrogen-bond acceptors (Lipinski definition) is 8. The van der Waals surface area contributed by atoms with Gasteiger partial charge in [-0.25, -0.2) is 4.79 Å². The summed E-state index contributed by atoms with van der Waals surface area (Å²) in [5.74, 6) is 0.286. The Balaban J connectivity index is 1.70. The Labute approximate surface area is 192 Å². The van der Waals surface area contributed by atoms with Crippen molar-refractivity contribution < 1.29 is 28.5 Å². The first-order valence-electron chi connectivity index (χ1n) is 10.8. The Bertz CT molecular complexity index is 1090. The number of rotatable bonds is 3. The fourth-order valence-corrected chi connectivity index (χ4v) is 4.47. The lowest BCUT2D eigenvalue weighted by Gasteiger charge is -2.37. The Kier molecular flexibility index (Phi) is 6.04. The van der Waals surface area contributed by atoms with Crippen LogP contribution in [0, 0.1) is 16.7 Å². The van der Waals surface area contributed by atoms with Crippen LogP contribution in [-0.4, -0.2) is 50.2 Å². The third kappa shape index (κ3) is 4.39. The number of Topliss-reactive ketones (excluding diaryl/α,β-unsaturated/α-hetero) is 1. The number of ether oxygens (including phenoxy) is 4. The molecule has 0 radical (unpaired) electrons. The summed E-state index contributed by atoms with van der Waals surface area (Å²) >= 11 is 0. The zero-order valence-electron chi connectivity index (χ0n) is 19.0. The standard InChI is InChI=1S/C24H27N3O6/c1-24(2)11-16(28)21-19(12-24)32-22(26)15(13-25)20(21)14-4-5-17(18(10-14)30-3)33-23(29)27-6-8-31-9-7-27/h4-5,10,20H,6-9,11-12,26H2,1-3H3/t20-/m1/s1. The monoisotopic (exact) mass is 453 g/mol. The van der Waals surface area contributed by atoms with Crippen LogP contribution in [0.25, 0.3) is 0 Å². The highest BCUT2D eigenvalue weighted by Gasteiger charge is 2.43. The van der Waals surface area contributed by atoms with Crippen LogP contribution in [0.15, 0.2) is 41.0 Å². The zero-order chi connectivity index (χ0) is 23.8. The van der Waals surface area contributed by atoms with Gasteiger partial charge in [-0.15, -0.1) is 0 Å². The van der Waals surface area contributed by atoms with Gasteiger partial charge in [-0.3, -0.25) is 4.79 Å². The van der Waals surface area contributed by atoms with Gasteiger partial charge in [-0.05, 0) is 23.1 Å². The molecule has 2 aliphatic heterocycles. The van der Waals surface area contributed by atoms with Gasteiger partial charge in [-0.2, -0.15) is 5.26 Å². The van der Waals surface area contributed by atoms with Gasteiger partial charge in [0.15, 0.2) is 17.3 Å². The van der Waals surface area contributed by atoms with Crippen LogP contribution in [-0.2, 0) is 14.3 Å². The first-order valence-corrected chi connectivity index (χ1v) is 10.8. The average Bonchev–Trinajstić information content (AvgIpc) is 2.78. The molecule has 2 N–H and O–H groups in total. The molecule has 2 heterocycles. The van der Waals surface area contributed by atoms with Gasteiger partial charge in [0.1, 0.15) is 17.4 Å². The second-order valence-electron chi connectivity index (χ2n) is 9.08. The van der Waals surface area contributed by atoms with E-state index in [2.05, 4.69) is 6.07 Å². The van der Waals surface area contributed by atoms with Gasteiger partial charge in [0, 0.05) is 31.5 Å². The van der Waals surface area contributed by atoms with Crippen LogP contribution in [0.2, 0.25) is 0 Å². The van der Waals surface area contributed by atoms with Gasteiger partial charge >= 0.3 is 6.09 Å². The van der Waals surface area contributed by atoms with Crippen molar-refractivity contribution >= 4 is 11.9 Å². The fraction of sp³-hybridized carbons (Fsp3) is 0.458. The molecule has 33 heavy (non-hydrogen) atoms. The molecule has 9 nitrogen and oxygen atoms in total. The minimum atomic E-state index is -0.680. The molecule has 4 rings (SSSR count). The molecule has 1 saturated heterocycles. The van der Waals surface area contributed by atoms with Crippen molar-refractivity contribution in [3.05, 3.63) is 46.6 Å². The number of nitriles is 1. The summed E-state index contributed by atoms with van der Waals surface area (Å²) < 4.78 is 22.0. The van der Waals surface area contributed by atoms with E-state index in [1.54, 1.807) is 23.1 Å². The maximum atomic E-state index is 13.1. The molecular weight excluding hydrogens is 426 g/mol. The van der Waals surface area contributed by atoms with Crippen molar-refractivity contribution in [2.24, 2.45) is 11.1 Å². The molecule has 0 saturated carbocycles. The summed E-state index contributed by atoms with van der Waals surface area (Å²) in [7, 11) is 1.46. The van der Waals surface area contributed by atoms with Crippen molar-refractivity contribution in [1.82, 2.24) is 4.90 Å². The molecule has 0 bridgehead atoms. The zero-order valence-corrected chi connectivity index (χ0v) is 19.0. The normalized spacial score (nSPS) is 22.3. The van der Waals surface area contributed by atoms with Gasteiger partial charge in [0.2, 0.25) is 5.88 Å². The lowest BCUT2D eigenvalue weighted by molar-refractivity contribution is -0.119. The van der Waals surface area contributed by atoms with E-state index in [0.717, 1.165) is 0 Å². The van der Waals surface area contributed by atoms with Gasteiger partial charge < -0.3 is 29.6 Å². The molecule has 0 aromatic heterocycles. The van der Waals surface area contributed by atoms with E-state index < -0.39 is 12.0 Å². The minimum Gasteiger partial charge on any atom is -0.493 e. The molecule has 1 aliphatic carbocycles. The summed E-state index contributed by atoms with van der Waals surface area (Å²) in [6, 6.07) is 7.08. The second kappa shape index (κ2) is 8.79. The molecule has 1 aromatic carbocycles. The van der Waals surface area contributed by atoms with Crippen LogP contribution in [0.5, 0.6) is 11.5 Å². The van der Waals surface area contributed by atoms with E-state index in [1.807, 2.05) is 13.8 Å². The van der Waals surface area contributed by atoms with Gasteiger partial charge in [0.25, 0.3) is 0 Å². The molecule has 0 spiro atoms. The number of nitrogens with zero attached hydrogens (tertiary/aromatic N) is 2. The Morgan fingerprint density at radius 2 is 1.97 bits per heavy atom. The van der Waals surface area contributed by atoms with Gasteiger partial charge in [-0.1, -0.05) is 19.9 Å². The van der Waals surface area contributed by atoms with Crippen molar-refractivity contribution in [3.63, 3.8) is 0 Å². The Morgan fingerprint density at radius 3 is 2.64 bits per heavy atom. The Morgan fingerprint density at radius 1 is 1.24 bits per heavy atom. The fourth-order valence-electron chi connectivity index (χ4n) is 4.47. The highest BCUT2D eigenvalue weighted by atomic mass is 16.6. The first kappa shape index (κ1) is 22.7. The molecule has 9 heteroatoms. The summed E-state index contributed by atoms with van der Waals surface area (Å²) in [4.78, 5) is 27.2. The molecule has 3 aliphatic rings. The molecular formula is C24H27N3O6. The van der Waals surface area contributed by atoms with E-state index in [1.165, 1.54) is 7.11 Å². The smallest absolute Gasteiger partial charge is 0.415 e. The van der Waals surface area contributed by atoms with E-state index >= 15 is 0 Å². The van der Waals surface area contributed by atoms with Crippen LogP contribution in [0.3, 0.4) is 0 Å². The molecule has 174 valence electrons. The summed E-state index contributed by atoms with van der Waals surface area (Å²) in [5.41, 5.74) is 7.06. The topological polar surface area (TPSA) is 124 Å². The van der Waals surface area contributed by atoms with Gasteiger partial charge in [0.05, 0.1) is 26.2 Å². The Hall–Kier alpha value is -3.51. The summed E-state index contributed by atoms with van der Waals surface area (Å²) in [6.07, 6.45) is 0.388. The summed E-state index contributed by atoms with van der Waals surface area (Å²) in [6.45, 7) is 5.81. The lowest BCUT2D eigenvalue weighted by atomic mass is 9.70. The predicted octanol–water partition coefficient (Wildman–Crippen LogP) is 2.98. The molecule has 0 unspecified atom stereocenters. The molecule has 1 atom stereocenters. The molecule has 1 fully saturated rings. The lowest BCUT2D eigenvalue weighted by Crippen LogP contribution is -2.42. The number of methoxy groups -OCH3 is 1. The number of carbonyl (C=O) groups is 2. The van der Waals surface area contributed by atoms with E-state index in [0.29, 0.717) is 61.8 Å². The van der Waals surface area contributed by atoms with E-state index in [4.69, 9.17) is 24.7 Å². The number of ketones is 1. The van der Waals surface area contributed by atoms with Crippen LogP contribution in [0.4, 0.5) is 4.79 Å². The number of nitrogens with two attached hydrogens (primary N) is 1. The van der Waals surface area contributed by atoms with Crippen molar-refractivity contribution in [1.29, 1.82) is 5.26 Å². The van der Waals surface area contributed by atoms with Crippen molar-refractivity contribution in [2.45, 2.75) is 32.6 Å². The number of morpholine rings is 1. The third-order valence-corrected chi connectivity index (χ3v) is 6.06. The number of carbonyl (C=O) groups excluding carboxylic acids is 2. The van der Waals surface area contributed by atoms with Crippen LogP contribution < -0.4 is 15.2 Å². The third-order valence-electron chi connectivity index (χ3n) is 6.06. The summed E-state index contributed by atoms with van der Waals surface area (Å²) in [5, 5.41) is 9.80. The SMILES string of the molecule is COc1cc([C@@H]2C(C#N)=C(N)OC3=C2C(=O)CC(C)(C)C3)ccc1OC(=O)N1CCOCC1. The maximum absolute atomic E-state index is 13.1. The maximum Gasteiger partial charge on any atom is 0.415 e. The minimum absolute atomic E-state index is 0.00598. The first-order chi connectivity index (χ1) is 15.7. The number of benzene rings is 1. The highest BCUT2D eigenvalue weighted by Crippen LogP contribution is 2.48. The van der Waals surface area contributed by atoms with Crippen LogP contribution >= 0.6 is 0 Å². The largest absolute Gasteiger partial charge is 0.493 e.